The molecule has 0 N–H and O–H groups in total. The van der Waals surface area contributed by atoms with E-state index in [4.69, 9.17) is 4.74 Å². The summed E-state index contributed by atoms with van der Waals surface area (Å²) in [5.41, 5.74) is -0.547. The zero-order chi connectivity index (χ0) is 11.8. The summed E-state index contributed by atoms with van der Waals surface area (Å²) >= 11 is 0. The van der Waals surface area contributed by atoms with Gasteiger partial charge in [0.15, 0.2) is 0 Å². The number of imide groups is 1. The van der Waals surface area contributed by atoms with Crippen molar-refractivity contribution in [2.75, 3.05) is 0 Å². The Kier molecular flexibility index (Phi) is 3.07. The van der Waals surface area contributed by atoms with Crippen molar-refractivity contribution < 1.29 is 14.3 Å². The van der Waals surface area contributed by atoms with Crippen molar-refractivity contribution in [3.63, 3.8) is 0 Å². The Hall–Kier alpha value is -1.06. The molecule has 1 saturated heterocycles. The number of nitrogens with zero attached hydrogens (tertiary/aromatic N) is 1. The maximum atomic E-state index is 11.6. The number of hydrogen-bond acceptors (Lipinski definition) is 3. The van der Waals surface area contributed by atoms with Crippen LogP contribution >= 0.6 is 0 Å². The quantitative estimate of drug-likeness (QED) is 0.627. The lowest BCUT2D eigenvalue weighted by molar-refractivity contribution is -0.146. The number of carbonyl (C=O) groups is 2. The third kappa shape index (κ3) is 2.70. The van der Waals surface area contributed by atoms with Crippen molar-refractivity contribution in [2.45, 2.75) is 52.7 Å². The standard InChI is InChI=1S/C11H19NO3/c1-7(2)8-6-9(13)12(8)10(14)15-11(3,4)5/h7-8H,6H2,1-5H3/t8-/m0/s1. The number of hydrogen-bond donors (Lipinski definition) is 0. The first kappa shape index (κ1) is 12.0. The Bertz CT molecular complexity index is 278. The molecule has 15 heavy (non-hydrogen) atoms. The molecule has 0 radical (unpaired) electrons. The molecule has 1 atom stereocenters. The van der Waals surface area contributed by atoms with Crippen LogP contribution in [0, 0.1) is 5.92 Å². The second-order valence-electron chi connectivity index (χ2n) is 5.26. The predicted molar refractivity (Wildman–Crippen MR) is 56.3 cm³/mol. The van der Waals surface area contributed by atoms with Crippen LogP contribution in [0.5, 0.6) is 0 Å². The van der Waals surface area contributed by atoms with E-state index in [2.05, 4.69) is 0 Å². The fourth-order valence-electron chi connectivity index (χ4n) is 1.52. The van der Waals surface area contributed by atoms with E-state index in [1.165, 1.54) is 4.90 Å². The summed E-state index contributed by atoms with van der Waals surface area (Å²) in [7, 11) is 0. The van der Waals surface area contributed by atoms with Gasteiger partial charge in [0.25, 0.3) is 0 Å². The molecule has 0 bridgehead atoms. The highest BCUT2D eigenvalue weighted by Gasteiger charge is 2.44. The van der Waals surface area contributed by atoms with Crippen molar-refractivity contribution >= 4 is 12.0 Å². The molecule has 1 heterocycles. The van der Waals surface area contributed by atoms with E-state index in [1.54, 1.807) is 20.8 Å². The molecular formula is C11H19NO3. The smallest absolute Gasteiger partial charge is 0.417 e. The zero-order valence-corrected chi connectivity index (χ0v) is 10.0. The van der Waals surface area contributed by atoms with Crippen LogP contribution in [0.2, 0.25) is 0 Å². The summed E-state index contributed by atoms with van der Waals surface area (Å²) in [6.07, 6.45) is -0.0610. The molecule has 0 aromatic rings. The van der Waals surface area contributed by atoms with Gasteiger partial charge in [-0.2, -0.15) is 0 Å². The van der Waals surface area contributed by atoms with Crippen LogP contribution in [-0.4, -0.2) is 28.5 Å². The second kappa shape index (κ2) is 3.83. The maximum absolute atomic E-state index is 11.6. The van der Waals surface area contributed by atoms with E-state index in [-0.39, 0.29) is 17.9 Å². The van der Waals surface area contributed by atoms with Crippen molar-refractivity contribution in [3.05, 3.63) is 0 Å². The van der Waals surface area contributed by atoms with Crippen molar-refractivity contribution in [3.8, 4) is 0 Å². The minimum absolute atomic E-state index is 0.00681. The van der Waals surface area contributed by atoms with Gasteiger partial charge < -0.3 is 4.74 Å². The van der Waals surface area contributed by atoms with Gasteiger partial charge in [-0.05, 0) is 26.7 Å². The predicted octanol–water partition coefficient (Wildman–Crippen LogP) is 2.18. The van der Waals surface area contributed by atoms with E-state index in [9.17, 15) is 9.59 Å². The van der Waals surface area contributed by atoms with E-state index >= 15 is 0 Å². The monoisotopic (exact) mass is 213 g/mol. The van der Waals surface area contributed by atoms with E-state index < -0.39 is 11.7 Å². The number of β-lactam (4-membered cyclic amide) rings is 1. The van der Waals surface area contributed by atoms with Gasteiger partial charge >= 0.3 is 6.09 Å². The fourth-order valence-corrected chi connectivity index (χ4v) is 1.52. The molecule has 86 valence electrons. The molecule has 1 fully saturated rings. The normalized spacial score (nSPS) is 21.6. The average molecular weight is 213 g/mol. The van der Waals surface area contributed by atoms with E-state index in [0.717, 1.165) is 0 Å². The van der Waals surface area contributed by atoms with Gasteiger partial charge in [0.1, 0.15) is 5.60 Å². The lowest BCUT2D eigenvalue weighted by Crippen LogP contribution is -2.58. The minimum atomic E-state index is -0.547. The summed E-state index contributed by atoms with van der Waals surface area (Å²) in [4.78, 5) is 24.2. The SMILES string of the molecule is CC(C)[C@@H]1CC(=O)N1C(=O)OC(C)(C)C. The highest BCUT2D eigenvalue weighted by atomic mass is 16.6. The van der Waals surface area contributed by atoms with Crippen LogP contribution in [-0.2, 0) is 9.53 Å². The minimum Gasteiger partial charge on any atom is -0.443 e. The molecule has 4 heteroatoms. The van der Waals surface area contributed by atoms with Gasteiger partial charge in [0.2, 0.25) is 5.91 Å². The molecule has 0 aromatic heterocycles. The lowest BCUT2D eigenvalue weighted by atomic mass is 9.92. The Morgan fingerprint density at radius 1 is 1.47 bits per heavy atom. The van der Waals surface area contributed by atoms with Crippen LogP contribution in [0.15, 0.2) is 0 Å². The molecule has 1 rings (SSSR count). The molecule has 0 aromatic carbocycles. The van der Waals surface area contributed by atoms with Crippen LogP contribution in [0.25, 0.3) is 0 Å². The van der Waals surface area contributed by atoms with Gasteiger partial charge in [0, 0.05) is 6.42 Å². The van der Waals surface area contributed by atoms with Crippen LogP contribution in [0.1, 0.15) is 41.0 Å². The van der Waals surface area contributed by atoms with Crippen LogP contribution in [0.3, 0.4) is 0 Å². The van der Waals surface area contributed by atoms with Gasteiger partial charge in [-0.15, -0.1) is 0 Å². The number of ether oxygens (including phenoxy) is 1. The maximum Gasteiger partial charge on any atom is 0.417 e. The van der Waals surface area contributed by atoms with Crippen LogP contribution in [0.4, 0.5) is 4.79 Å². The highest BCUT2D eigenvalue weighted by Crippen LogP contribution is 2.27. The number of rotatable bonds is 1. The zero-order valence-electron chi connectivity index (χ0n) is 10.0. The number of carbonyl (C=O) groups excluding carboxylic acids is 2. The number of amides is 2. The topological polar surface area (TPSA) is 46.6 Å². The Morgan fingerprint density at radius 3 is 2.33 bits per heavy atom. The van der Waals surface area contributed by atoms with Crippen molar-refractivity contribution in [1.29, 1.82) is 0 Å². The molecule has 1 aliphatic rings. The first-order valence-electron chi connectivity index (χ1n) is 5.27. The van der Waals surface area contributed by atoms with Gasteiger partial charge in [-0.3, -0.25) is 4.79 Å². The summed E-state index contributed by atoms with van der Waals surface area (Å²) in [6.45, 7) is 9.36. The van der Waals surface area contributed by atoms with Gasteiger partial charge in [0.05, 0.1) is 6.04 Å². The number of likely N-dealkylation sites (tertiary alicyclic amines) is 1. The molecular weight excluding hydrogens is 194 g/mol. The third-order valence-corrected chi connectivity index (χ3v) is 2.34. The lowest BCUT2D eigenvalue weighted by Gasteiger charge is -2.41. The highest BCUT2D eigenvalue weighted by molar-refractivity contribution is 5.97. The molecule has 2 amide bonds. The Labute approximate surface area is 90.6 Å². The van der Waals surface area contributed by atoms with Gasteiger partial charge in [-0.25, -0.2) is 9.69 Å². The first-order valence-corrected chi connectivity index (χ1v) is 5.27. The Balaban J connectivity index is 2.63. The third-order valence-electron chi connectivity index (χ3n) is 2.34. The fraction of sp³-hybridized carbons (Fsp3) is 0.818. The summed E-state index contributed by atoms with van der Waals surface area (Å²) < 4.78 is 5.16. The molecule has 4 nitrogen and oxygen atoms in total. The van der Waals surface area contributed by atoms with E-state index in [0.29, 0.717) is 6.42 Å². The van der Waals surface area contributed by atoms with Gasteiger partial charge in [-0.1, -0.05) is 13.8 Å². The molecule has 1 aliphatic heterocycles. The molecule has 0 aliphatic carbocycles. The van der Waals surface area contributed by atoms with Crippen molar-refractivity contribution in [2.24, 2.45) is 5.92 Å². The molecule has 0 unspecified atom stereocenters. The summed E-state index contributed by atoms with van der Waals surface area (Å²) in [5.74, 6) is 0.151. The average Bonchev–Trinajstić information content (AvgIpc) is 1.94. The molecule has 0 spiro atoms. The largest absolute Gasteiger partial charge is 0.443 e. The van der Waals surface area contributed by atoms with Crippen molar-refractivity contribution in [1.82, 2.24) is 4.90 Å². The second-order valence-corrected chi connectivity index (χ2v) is 5.26. The van der Waals surface area contributed by atoms with Crippen LogP contribution < -0.4 is 0 Å². The summed E-state index contributed by atoms with van der Waals surface area (Å²) in [5, 5.41) is 0. The Morgan fingerprint density at radius 2 is 2.00 bits per heavy atom. The summed E-state index contributed by atoms with van der Waals surface area (Å²) in [6, 6.07) is 0.00681. The first-order chi connectivity index (χ1) is 6.72. The molecule has 0 saturated carbocycles. The van der Waals surface area contributed by atoms with E-state index in [1.807, 2.05) is 13.8 Å².